The lowest BCUT2D eigenvalue weighted by Gasteiger charge is -2.23. The van der Waals surface area contributed by atoms with E-state index in [1.54, 1.807) is 0 Å². The van der Waals surface area contributed by atoms with Crippen molar-refractivity contribution in [3.05, 3.63) is 242 Å². The molecule has 65 heavy (non-hydrogen) atoms. The molecule has 0 aliphatic heterocycles. The van der Waals surface area contributed by atoms with E-state index in [0.29, 0.717) is 0 Å². The Morgan fingerprint density at radius 1 is 0.231 bits per heavy atom. The highest BCUT2D eigenvalue weighted by Crippen LogP contribution is 2.51. The molecule has 0 amide bonds. The predicted molar refractivity (Wildman–Crippen MR) is 279 cm³/mol. The molecule has 0 heterocycles. The number of hydrogen-bond acceptors (Lipinski definition) is 0. The molecule has 0 radical (unpaired) electrons. The van der Waals surface area contributed by atoms with Gasteiger partial charge in [-0.1, -0.05) is 202 Å². The van der Waals surface area contributed by atoms with Crippen molar-refractivity contribution < 1.29 is 0 Å². The quantitative estimate of drug-likeness (QED) is 0.152. The molecule has 12 aromatic rings. The molecule has 13 rings (SSSR count). The summed E-state index contributed by atoms with van der Waals surface area (Å²) in [4.78, 5) is 0. The van der Waals surface area contributed by atoms with Crippen LogP contribution in [0.25, 0.3) is 121 Å². The molecule has 0 heteroatoms. The number of benzene rings is 12. The van der Waals surface area contributed by atoms with Crippen LogP contribution >= 0.6 is 0 Å². The molecule has 1 aliphatic rings. The zero-order valence-electron chi connectivity index (χ0n) is 36.4. The second kappa shape index (κ2) is 14.5. The van der Waals surface area contributed by atoms with E-state index < -0.39 is 0 Å². The minimum atomic E-state index is -0.0857. The molecule has 0 atom stereocenters. The van der Waals surface area contributed by atoms with Gasteiger partial charge >= 0.3 is 0 Å². The Hall–Kier alpha value is -8.06. The largest absolute Gasteiger partial charge is 0.0622 e. The van der Waals surface area contributed by atoms with Crippen LogP contribution in [0.4, 0.5) is 0 Å². The fraction of sp³-hybridized carbons (Fsp3) is 0.0462. The smallest absolute Gasteiger partial charge is 0.0159 e. The lowest BCUT2D eigenvalue weighted by molar-refractivity contribution is 0.660. The summed E-state index contributed by atoms with van der Waals surface area (Å²) in [6, 6.07) is 86.5. The molecular weight excluding hydrogens is 781 g/mol. The second-order valence-electron chi connectivity index (χ2n) is 18.4. The number of rotatable bonds is 5. The van der Waals surface area contributed by atoms with E-state index >= 15 is 0 Å². The maximum absolute atomic E-state index is 2.48. The molecule has 0 N–H and O–H groups in total. The first-order valence-corrected chi connectivity index (χ1v) is 22.8. The van der Waals surface area contributed by atoms with Gasteiger partial charge in [0.2, 0.25) is 0 Å². The van der Waals surface area contributed by atoms with Gasteiger partial charge in [0.25, 0.3) is 0 Å². The Bertz CT molecular complexity index is 3900. The van der Waals surface area contributed by atoms with E-state index in [9.17, 15) is 0 Å². The van der Waals surface area contributed by atoms with Crippen molar-refractivity contribution in [2.24, 2.45) is 0 Å². The minimum Gasteiger partial charge on any atom is -0.0622 e. The number of fused-ring (bicyclic) bond motifs is 9. The van der Waals surface area contributed by atoms with E-state index in [4.69, 9.17) is 0 Å². The molecule has 0 saturated heterocycles. The van der Waals surface area contributed by atoms with Gasteiger partial charge in [0.15, 0.2) is 0 Å². The lowest BCUT2D eigenvalue weighted by Crippen LogP contribution is -2.14. The SMILES string of the molecule is CC1(C)c2ccccc2-c2ccc(-c3ccc4c(c3)c(-c3ccc5ccccc5c3)c(-c3ccc5ccccc5c3)c3cc(-c5cc6ccccc6cc5-c5ccccc5)ccc34)cc21. The van der Waals surface area contributed by atoms with Crippen LogP contribution in [-0.2, 0) is 5.41 Å². The summed E-state index contributed by atoms with van der Waals surface area (Å²) < 4.78 is 0. The Kier molecular flexibility index (Phi) is 8.36. The maximum atomic E-state index is 2.48. The predicted octanol–water partition coefficient (Wildman–Crippen LogP) is 18.1. The zero-order valence-corrected chi connectivity index (χ0v) is 36.4. The van der Waals surface area contributed by atoms with Gasteiger partial charge in [-0.15, -0.1) is 0 Å². The van der Waals surface area contributed by atoms with Crippen molar-refractivity contribution in [1.29, 1.82) is 0 Å². The molecule has 0 aromatic heterocycles. The van der Waals surface area contributed by atoms with E-state index in [1.165, 1.54) is 132 Å². The topological polar surface area (TPSA) is 0 Å². The first kappa shape index (κ1) is 37.5. The van der Waals surface area contributed by atoms with Crippen molar-refractivity contribution in [1.82, 2.24) is 0 Å². The highest BCUT2D eigenvalue weighted by Gasteiger charge is 2.35. The van der Waals surface area contributed by atoms with E-state index in [0.717, 1.165) is 0 Å². The second-order valence-corrected chi connectivity index (χ2v) is 18.4. The highest BCUT2D eigenvalue weighted by molar-refractivity contribution is 6.23. The molecule has 0 unspecified atom stereocenters. The molecule has 0 spiro atoms. The average molecular weight is 825 g/mol. The zero-order chi connectivity index (χ0) is 43.2. The third-order valence-corrected chi connectivity index (χ3v) is 14.4. The molecule has 304 valence electrons. The molecular formula is C65H44. The Balaban J connectivity index is 1.13. The van der Waals surface area contributed by atoms with Gasteiger partial charge in [0.05, 0.1) is 0 Å². The summed E-state index contributed by atoms with van der Waals surface area (Å²) in [6.07, 6.45) is 0. The Morgan fingerprint density at radius 3 is 1.28 bits per heavy atom. The normalized spacial score (nSPS) is 12.9. The standard InChI is InChI=1S/C65H44/c1-65(2)61-23-13-12-22-55(61)56-33-29-49(40-62(56)65)48-28-31-53-54-32-30-50(58-37-47-21-11-10-20-46(47)36-57(58)43-16-4-3-5-17-43)39-60(54)64(52-27-25-42-15-7-9-19-45(42)35-52)63(59(53)38-48)51-26-24-41-14-6-8-18-44(41)34-51/h3-40H,1-2H3. The van der Waals surface area contributed by atoms with Gasteiger partial charge in [-0.25, -0.2) is 0 Å². The van der Waals surface area contributed by atoms with Crippen LogP contribution in [0.5, 0.6) is 0 Å². The van der Waals surface area contributed by atoms with Crippen LogP contribution in [-0.4, -0.2) is 0 Å². The van der Waals surface area contributed by atoms with E-state index in [2.05, 4.69) is 244 Å². The third kappa shape index (κ3) is 5.98. The molecule has 0 nitrogen and oxygen atoms in total. The summed E-state index contributed by atoms with van der Waals surface area (Å²) in [7, 11) is 0. The van der Waals surface area contributed by atoms with Crippen LogP contribution in [0.2, 0.25) is 0 Å². The maximum Gasteiger partial charge on any atom is 0.0159 e. The van der Waals surface area contributed by atoms with Crippen LogP contribution in [0.3, 0.4) is 0 Å². The van der Waals surface area contributed by atoms with Gasteiger partial charge in [-0.05, 0) is 174 Å². The van der Waals surface area contributed by atoms with Crippen molar-refractivity contribution in [2.45, 2.75) is 19.3 Å². The summed E-state index contributed by atoms with van der Waals surface area (Å²) >= 11 is 0. The first-order valence-electron chi connectivity index (χ1n) is 22.8. The van der Waals surface area contributed by atoms with Gasteiger partial charge < -0.3 is 0 Å². The summed E-state index contributed by atoms with van der Waals surface area (Å²) in [5.41, 5.74) is 17.6. The van der Waals surface area contributed by atoms with Crippen LogP contribution in [0, 0.1) is 0 Å². The molecule has 12 aromatic carbocycles. The molecule has 1 aliphatic carbocycles. The average Bonchev–Trinajstić information content (AvgIpc) is 3.60. The summed E-state index contributed by atoms with van der Waals surface area (Å²) in [5.74, 6) is 0. The highest BCUT2D eigenvalue weighted by atomic mass is 14.4. The first-order chi connectivity index (χ1) is 32.0. The van der Waals surface area contributed by atoms with Gasteiger partial charge in [0, 0.05) is 5.41 Å². The fourth-order valence-electron chi connectivity index (χ4n) is 11.1. The van der Waals surface area contributed by atoms with Crippen LogP contribution in [0.15, 0.2) is 231 Å². The monoisotopic (exact) mass is 824 g/mol. The van der Waals surface area contributed by atoms with Crippen LogP contribution in [0.1, 0.15) is 25.0 Å². The number of hydrogen-bond donors (Lipinski definition) is 0. The summed E-state index contributed by atoms with van der Waals surface area (Å²) in [6.45, 7) is 4.74. The van der Waals surface area contributed by atoms with E-state index in [-0.39, 0.29) is 5.41 Å². The Morgan fingerprint density at radius 2 is 0.662 bits per heavy atom. The van der Waals surface area contributed by atoms with Gasteiger partial charge in [-0.2, -0.15) is 0 Å². The molecule has 0 bridgehead atoms. The fourth-order valence-corrected chi connectivity index (χ4v) is 11.1. The van der Waals surface area contributed by atoms with Crippen molar-refractivity contribution in [3.8, 4) is 66.8 Å². The third-order valence-electron chi connectivity index (χ3n) is 14.4. The van der Waals surface area contributed by atoms with Gasteiger partial charge in [0.1, 0.15) is 0 Å². The minimum absolute atomic E-state index is 0.0857. The Labute approximate surface area is 379 Å². The van der Waals surface area contributed by atoms with Crippen LogP contribution < -0.4 is 0 Å². The van der Waals surface area contributed by atoms with Gasteiger partial charge in [-0.3, -0.25) is 0 Å². The summed E-state index contributed by atoms with van der Waals surface area (Å²) in [5, 5.41) is 12.4. The van der Waals surface area contributed by atoms with E-state index in [1.807, 2.05) is 0 Å². The van der Waals surface area contributed by atoms with Crippen molar-refractivity contribution in [2.75, 3.05) is 0 Å². The van der Waals surface area contributed by atoms with Crippen molar-refractivity contribution >= 4 is 53.9 Å². The molecule has 0 saturated carbocycles. The van der Waals surface area contributed by atoms with Crippen molar-refractivity contribution in [3.63, 3.8) is 0 Å². The molecule has 0 fully saturated rings. The lowest BCUT2D eigenvalue weighted by atomic mass is 9.80.